The Morgan fingerprint density at radius 1 is 0.800 bits per heavy atom. The summed E-state index contributed by atoms with van der Waals surface area (Å²) < 4.78 is 6.59. The summed E-state index contributed by atoms with van der Waals surface area (Å²) in [7, 11) is 0. The highest BCUT2D eigenvalue weighted by molar-refractivity contribution is 5.94. The Kier molecular flexibility index (Phi) is 7.45. The van der Waals surface area contributed by atoms with Gasteiger partial charge in [0.2, 0.25) is 5.91 Å². The molecule has 0 aliphatic carbocycles. The number of benzene rings is 2. The second-order valence-corrected chi connectivity index (χ2v) is 10.9. The van der Waals surface area contributed by atoms with Gasteiger partial charge >= 0.3 is 0 Å². The summed E-state index contributed by atoms with van der Waals surface area (Å²) in [4.78, 5) is 38.3. The van der Waals surface area contributed by atoms with Crippen LogP contribution < -0.4 is 4.74 Å². The maximum Gasteiger partial charge on any atom is 0.255 e. The summed E-state index contributed by atoms with van der Waals surface area (Å²) in [5, 5.41) is 2.11. The lowest BCUT2D eigenvalue weighted by Crippen LogP contribution is -2.47. The van der Waals surface area contributed by atoms with Crippen molar-refractivity contribution in [3.63, 3.8) is 0 Å². The number of piperidine rings is 2. The second-order valence-electron chi connectivity index (χ2n) is 10.9. The van der Waals surface area contributed by atoms with Gasteiger partial charge < -0.3 is 14.5 Å². The zero-order valence-electron chi connectivity index (χ0n) is 22.8. The number of carbonyl (C=O) groups is 2. The first kappa shape index (κ1) is 26.0. The predicted octanol–water partition coefficient (Wildman–Crippen LogP) is 5.53. The van der Waals surface area contributed by atoms with E-state index in [9.17, 15) is 9.59 Å². The van der Waals surface area contributed by atoms with E-state index >= 15 is 0 Å². The summed E-state index contributed by atoms with van der Waals surface area (Å²) in [5.74, 6) is 1.02. The average molecular weight is 535 g/mol. The van der Waals surface area contributed by atoms with Gasteiger partial charge in [-0.05, 0) is 66.6 Å². The first-order valence-electron chi connectivity index (χ1n) is 14.1. The molecule has 7 nitrogen and oxygen atoms in total. The molecule has 2 saturated heterocycles. The Balaban J connectivity index is 1.07. The maximum atomic E-state index is 13.3. The van der Waals surface area contributed by atoms with E-state index in [0.717, 1.165) is 40.5 Å². The number of aromatic nitrogens is 2. The molecule has 6 rings (SSSR count). The van der Waals surface area contributed by atoms with Gasteiger partial charge in [0.25, 0.3) is 5.91 Å². The minimum atomic E-state index is -0.0311. The first-order valence-corrected chi connectivity index (χ1v) is 14.1. The molecular weight excluding hydrogens is 500 g/mol. The van der Waals surface area contributed by atoms with Crippen LogP contribution in [-0.4, -0.2) is 63.9 Å². The molecule has 0 unspecified atom stereocenters. The number of rotatable bonds is 5. The van der Waals surface area contributed by atoms with Crippen molar-refractivity contribution >= 4 is 22.6 Å². The van der Waals surface area contributed by atoms with E-state index in [-0.39, 0.29) is 23.8 Å². The molecule has 4 heterocycles. The summed E-state index contributed by atoms with van der Waals surface area (Å²) in [5.41, 5.74) is 4.11. The van der Waals surface area contributed by atoms with E-state index < -0.39 is 0 Å². The maximum absolute atomic E-state index is 13.3. The Bertz CT molecular complexity index is 1510. The minimum Gasteiger partial charge on any atom is -0.490 e. The minimum absolute atomic E-state index is 0.00819. The highest BCUT2D eigenvalue weighted by Gasteiger charge is 2.33. The molecule has 2 amide bonds. The molecule has 0 spiro atoms. The molecule has 0 radical (unpaired) electrons. The lowest BCUT2D eigenvalue weighted by Gasteiger charge is -2.37. The Hall–Kier alpha value is -4.26. The highest BCUT2D eigenvalue weighted by Crippen LogP contribution is 2.34. The van der Waals surface area contributed by atoms with Gasteiger partial charge in [-0.25, -0.2) is 0 Å². The van der Waals surface area contributed by atoms with Gasteiger partial charge in [0, 0.05) is 75.1 Å². The molecule has 2 fully saturated rings. The van der Waals surface area contributed by atoms with E-state index in [1.54, 1.807) is 24.5 Å². The Morgan fingerprint density at radius 2 is 1.57 bits per heavy atom. The fourth-order valence-electron chi connectivity index (χ4n) is 5.89. The van der Waals surface area contributed by atoms with Gasteiger partial charge in [0.15, 0.2) is 0 Å². The molecule has 0 atom stereocenters. The van der Waals surface area contributed by atoms with Gasteiger partial charge in [0.1, 0.15) is 11.9 Å². The molecule has 7 heteroatoms. The van der Waals surface area contributed by atoms with Crippen molar-refractivity contribution < 1.29 is 14.3 Å². The molecule has 204 valence electrons. The number of carbonyl (C=O) groups excluding carboxylic acids is 2. The fourth-order valence-corrected chi connectivity index (χ4v) is 5.89. The van der Waals surface area contributed by atoms with Crippen LogP contribution >= 0.6 is 0 Å². The Labute approximate surface area is 234 Å². The van der Waals surface area contributed by atoms with Crippen LogP contribution in [0.1, 0.15) is 41.6 Å². The number of nitrogens with zero attached hydrogens (tertiary/aromatic N) is 4. The third kappa shape index (κ3) is 5.55. The number of pyridine rings is 2. The Morgan fingerprint density at radius 3 is 2.33 bits per heavy atom. The molecule has 40 heavy (non-hydrogen) atoms. The summed E-state index contributed by atoms with van der Waals surface area (Å²) >= 11 is 0. The number of hydrogen-bond acceptors (Lipinski definition) is 5. The van der Waals surface area contributed by atoms with Crippen LogP contribution in [0.15, 0.2) is 79.4 Å². The SMILES string of the molecule is Cc1cccc(-c2cc(OC3CCN(C(=O)C4CCN(C(=O)c5cccnc5)CC4)CC3)c3cnccc3c2)c1. The molecule has 2 aromatic heterocycles. The van der Waals surface area contributed by atoms with Crippen molar-refractivity contribution in [1.29, 1.82) is 0 Å². The predicted molar refractivity (Wildman–Crippen MR) is 155 cm³/mol. The average Bonchev–Trinajstić information content (AvgIpc) is 3.01. The van der Waals surface area contributed by atoms with E-state index in [0.29, 0.717) is 44.6 Å². The molecule has 0 bridgehead atoms. The zero-order valence-corrected chi connectivity index (χ0v) is 22.8. The first-order chi connectivity index (χ1) is 19.5. The number of ether oxygens (including phenoxy) is 1. The number of hydrogen-bond donors (Lipinski definition) is 0. The van der Waals surface area contributed by atoms with Gasteiger partial charge in [-0.15, -0.1) is 0 Å². The summed E-state index contributed by atoms with van der Waals surface area (Å²) in [6.07, 6.45) is 9.98. The van der Waals surface area contributed by atoms with E-state index in [2.05, 4.69) is 53.3 Å². The van der Waals surface area contributed by atoms with Gasteiger partial charge in [-0.3, -0.25) is 19.6 Å². The molecule has 4 aromatic rings. The van der Waals surface area contributed by atoms with Gasteiger partial charge in [-0.2, -0.15) is 0 Å². The van der Waals surface area contributed by atoms with Crippen molar-refractivity contribution in [3.05, 3.63) is 90.5 Å². The fraction of sp³-hybridized carbons (Fsp3) is 0.333. The zero-order chi connectivity index (χ0) is 27.5. The van der Waals surface area contributed by atoms with E-state index in [1.165, 1.54) is 5.56 Å². The number of fused-ring (bicyclic) bond motifs is 1. The normalized spacial score (nSPS) is 16.7. The number of aryl methyl sites for hydroxylation is 1. The lowest BCUT2D eigenvalue weighted by atomic mass is 9.93. The van der Waals surface area contributed by atoms with Crippen LogP contribution in [0, 0.1) is 12.8 Å². The quantitative estimate of drug-likeness (QED) is 0.337. The van der Waals surface area contributed by atoms with Crippen LogP contribution in [0.4, 0.5) is 0 Å². The van der Waals surface area contributed by atoms with Crippen molar-refractivity contribution in [2.75, 3.05) is 26.2 Å². The van der Waals surface area contributed by atoms with Gasteiger partial charge in [0.05, 0.1) is 5.56 Å². The summed E-state index contributed by atoms with van der Waals surface area (Å²) in [6.45, 7) is 4.68. The lowest BCUT2D eigenvalue weighted by molar-refractivity contribution is -0.138. The molecular formula is C33H34N4O3. The monoisotopic (exact) mass is 534 g/mol. The topological polar surface area (TPSA) is 75.6 Å². The smallest absolute Gasteiger partial charge is 0.255 e. The molecule has 2 aliphatic heterocycles. The summed E-state index contributed by atoms with van der Waals surface area (Å²) in [6, 6.07) is 18.4. The van der Waals surface area contributed by atoms with Crippen LogP contribution in [0.2, 0.25) is 0 Å². The van der Waals surface area contributed by atoms with Crippen LogP contribution in [0.5, 0.6) is 5.75 Å². The van der Waals surface area contributed by atoms with Crippen LogP contribution in [0.3, 0.4) is 0 Å². The highest BCUT2D eigenvalue weighted by atomic mass is 16.5. The largest absolute Gasteiger partial charge is 0.490 e. The number of likely N-dealkylation sites (tertiary alicyclic amines) is 2. The van der Waals surface area contributed by atoms with E-state index in [4.69, 9.17) is 4.74 Å². The standard InChI is InChI=1S/C33H34N4O3/c1-23-4-2-5-25(18-23)28-19-26-7-13-35-22-30(26)31(20-28)40-29-10-16-37(17-11-29)32(38)24-8-14-36(15-9-24)33(39)27-6-3-12-34-21-27/h2-7,12-13,18-22,24,29H,8-11,14-17H2,1H3. The third-order valence-corrected chi connectivity index (χ3v) is 8.16. The van der Waals surface area contributed by atoms with Crippen molar-refractivity contribution in [1.82, 2.24) is 19.8 Å². The second kappa shape index (κ2) is 11.5. The van der Waals surface area contributed by atoms with Crippen LogP contribution in [-0.2, 0) is 4.79 Å². The van der Waals surface area contributed by atoms with Gasteiger partial charge in [-0.1, -0.05) is 29.8 Å². The third-order valence-electron chi connectivity index (χ3n) is 8.16. The molecule has 0 saturated carbocycles. The molecule has 2 aliphatic rings. The van der Waals surface area contributed by atoms with E-state index in [1.807, 2.05) is 28.3 Å². The molecule has 0 N–H and O–H groups in total. The number of amides is 2. The van der Waals surface area contributed by atoms with Crippen LogP contribution in [0.25, 0.3) is 21.9 Å². The van der Waals surface area contributed by atoms with Crippen molar-refractivity contribution in [2.24, 2.45) is 5.92 Å². The molecule has 2 aromatic carbocycles. The van der Waals surface area contributed by atoms with Crippen molar-refractivity contribution in [3.8, 4) is 16.9 Å². The van der Waals surface area contributed by atoms with Crippen molar-refractivity contribution in [2.45, 2.75) is 38.7 Å².